The third kappa shape index (κ3) is 4.85. The van der Waals surface area contributed by atoms with Crippen molar-refractivity contribution >= 4 is 61.6 Å². The molecule has 0 spiro atoms. The van der Waals surface area contributed by atoms with Crippen molar-refractivity contribution in [3.05, 3.63) is 111 Å². The fraction of sp³-hybridized carbons (Fsp3) is 0.0741. The average molecular weight is 549 g/mol. The van der Waals surface area contributed by atoms with E-state index in [4.69, 9.17) is 0 Å². The molecular formula is C27H18BrFN2O3S. The Morgan fingerprint density at radius 1 is 0.971 bits per heavy atom. The molecule has 0 unspecified atom stereocenters. The van der Waals surface area contributed by atoms with E-state index in [9.17, 15) is 18.8 Å². The molecule has 0 saturated carbocycles. The first-order chi connectivity index (χ1) is 16.9. The second-order valence-corrected chi connectivity index (χ2v) is 9.96. The topological polar surface area (TPSA) is 59.4 Å². The van der Waals surface area contributed by atoms with E-state index in [1.807, 2.05) is 35.0 Å². The van der Waals surface area contributed by atoms with E-state index >= 15 is 0 Å². The van der Waals surface area contributed by atoms with Crippen molar-refractivity contribution < 1.29 is 18.8 Å². The Hall–Kier alpha value is -3.49. The number of benzene rings is 3. The number of ketones is 1. The van der Waals surface area contributed by atoms with E-state index in [0.29, 0.717) is 12.1 Å². The molecule has 1 saturated heterocycles. The number of fused-ring (bicyclic) bond motifs is 1. The number of imide groups is 1. The highest BCUT2D eigenvalue weighted by Crippen LogP contribution is 2.34. The van der Waals surface area contributed by atoms with Gasteiger partial charge >= 0.3 is 0 Å². The van der Waals surface area contributed by atoms with Gasteiger partial charge in [0.15, 0.2) is 5.78 Å². The first kappa shape index (κ1) is 23.3. The number of thioether (sulfide) groups is 1. The van der Waals surface area contributed by atoms with Crippen LogP contribution >= 0.6 is 27.7 Å². The molecule has 8 heteroatoms. The van der Waals surface area contributed by atoms with Crippen molar-refractivity contribution in [2.24, 2.45) is 0 Å². The summed E-state index contributed by atoms with van der Waals surface area (Å²) in [5.41, 5.74) is 3.10. The molecule has 0 aliphatic carbocycles. The van der Waals surface area contributed by atoms with E-state index in [2.05, 4.69) is 15.9 Å². The van der Waals surface area contributed by atoms with Crippen molar-refractivity contribution in [3.63, 3.8) is 0 Å². The first-order valence-corrected chi connectivity index (χ1v) is 12.4. The third-order valence-electron chi connectivity index (χ3n) is 5.71. The molecular weight excluding hydrogens is 531 g/mol. The maximum Gasteiger partial charge on any atom is 0.293 e. The van der Waals surface area contributed by atoms with Crippen molar-refractivity contribution in [3.8, 4) is 0 Å². The van der Waals surface area contributed by atoms with Crippen LogP contribution < -0.4 is 0 Å². The summed E-state index contributed by atoms with van der Waals surface area (Å²) in [4.78, 5) is 39.5. The lowest BCUT2D eigenvalue weighted by Gasteiger charge is -2.11. The predicted molar refractivity (Wildman–Crippen MR) is 139 cm³/mol. The standard InChI is InChI=1S/C27H18BrFN2O3S/c28-20-9-7-18(8-10-20)24(32)16-31-26(33)25(35-27(31)34)13-19-15-30(23-4-2-1-3-22(19)23)14-17-5-11-21(29)12-6-17/h1-13,15H,14,16H2/b25-13-. The highest BCUT2D eigenvalue weighted by atomic mass is 79.9. The quantitative estimate of drug-likeness (QED) is 0.203. The summed E-state index contributed by atoms with van der Waals surface area (Å²) in [6, 6.07) is 20.8. The minimum Gasteiger partial charge on any atom is -0.342 e. The van der Waals surface area contributed by atoms with E-state index in [0.717, 1.165) is 43.2 Å². The monoisotopic (exact) mass is 548 g/mol. The highest BCUT2D eigenvalue weighted by Gasteiger charge is 2.36. The molecule has 0 N–H and O–H groups in total. The first-order valence-electron chi connectivity index (χ1n) is 10.8. The number of nitrogens with zero attached hydrogens (tertiary/aromatic N) is 2. The van der Waals surface area contributed by atoms with Crippen LogP contribution in [-0.4, -0.2) is 32.9 Å². The fourth-order valence-corrected chi connectivity index (χ4v) is 5.05. The molecule has 0 radical (unpaired) electrons. The molecule has 0 atom stereocenters. The minimum absolute atomic E-state index is 0.267. The summed E-state index contributed by atoms with van der Waals surface area (Å²) in [6.45, 7) is 0.216. The normalized spacial score (nSPS) is 14.9. The Bertz CT molecular complexity index is 1490. The highest BCUT2D eigenvalue weighted by molar-refractivity contribution is 9.10. The molecule has 4 aromatic rings. The molecule has 0 bridgehead atoms. The van der Waals surface area contributed by atoms with Gasteiger partial charge in [0, 0.05) is 39.2 Å². The molecule has 1 aromatic heterocycles. The van der Waals surface area contributed by atoms with Crippen molar-refractivity contribution in [1.29, 1.82) is 0 Å². The minimum atomic E-state index is -0.485. The molecule has 1 fully saturated rings. The Morgan fingerprint density at radius 3 is 2.43 bits per heavy atom. The molecule has 3 aromatic carbocycles. The summed E-state index contributed by atoms with van der Waals surface area (Å²) in [6.07, 6.45) is 3.60. The van der Waals surface area contributed by atoms with Crippen LogP contribution in [0.1, 0.15) is 21.5 Å². The summed E-state index contributed by atoms with van der Waals surface area (Å²) in [7, 11) is 0. The van der Waals surface area contributed by atoms with Gasteiger partial charge in [0.1, 0.15) is 5.82 Å². The smallest absolute Gasteiger partial charge is 0.293 e. The van der Waals surface area contributed by atoms with Crippen LogP contribution in [-0.2, 0) is 11.3 Å². The number of rotatable bonds is 6. The van der Waals surface area contributed by atoms with Crippen molar-refractivity contribution in [2.45, 2.75) is 6.54 Å². The lowest BCUT2D eigenvalue weighted by Crippen LogP contribution is -2.33. The van der Waals surface area contributed by atoms with Gasteiger partial charge in [0.05, 0.1) is 11.4 Å². The number of hydrogen-bond donors (Lipinski definition) is 0. The van der Waals surface area contributed by atoms with Gasteiger partial charge in [-0.05, 0) is 53.7 Å². The van der Waals surface area contributed by atoms with Crippen LogP contribution in [0.3, 0.4) is 0 Å². The number of carbonyl (C=O) groups excluding carboxylic acids is 3. The van der Waals surface area contributed by atoms with Gasteiger partial charge in [0.2, 0.25) is 0 Å². The number of halogens is 2. The van der Waals surface area contributed by atoms with E-state index < -0.39 is 11.1 Å². The number of carbonyl (C=O) groups is 3. The van der Waals surface area contributed by atoms with E-state index in [1.165, 1.54) is 12.1 Å². The maximum atomic E-state index is 13.3. The molecule has 174 valence electrons. The van der Waals surface area contributed by atoms with Crippen LogP contribution in [0.15, 0.2) is 88.4 Å². The third-order valence-corrected chi connectivity index (χ3v) is 7.15. The van der Waals surface area contributed by atoms with E-state index in [1.54, 1.807) is 42.5 Å². The number of amides is 2. The molecule has 35 heavy (non-hydrogen) atoms. The zero-order chi connectivity index (χ0) is 24.5. The van der Waals surface area contributed by atoms with Gasteiger partial charge in [-0.3, -0.25) is 19.3 Å². The zero-order valence-electron chi connectivity index (χ0n) is 18.3. The van der Waals surface area contributed by atoms with Gasteiger partial charge < -0.3 is 4.57 Å². The lowest BCUT2D eigenvalue weighted by atomic mass is 10.1. The molecule has 1 aliphatic rings. The molecule has 2 heterocycles. The Labute approximate surface area is 213 Å². The number of Topliss-reactive ketones (excluding diaryl/α,β-unsaturated/α-hetero) is 1. The molecule has 5 nitrogen and oxygen atoms in total. The van der Waals surface area contributed by atoms with Gasteiger partial charge in [-0.15, -0.1) is 0 Å². The summed E-state index contributed by atoms with van der Waals surface area (Å²) in [5.74, 6) is -1.08. The van der Waals surface area contributed by atoms with E-state index in [-0.39, 0.29) is 23.1 Å². The lowest BCUT2D eigenvalue weighted by molar-refractivity contribution is -0.122. The van der Waals surface area contributed by atoms with Gasteiger partial charge in [-0.25, -0.2) is 4.39 Å². The van der Waals surface area contributed by atoms with Crippen LogP contribution in [0.2, 0.25) is 0 Å². The average Bonchev–Trinajstić information content (AvgIpc) is 3.33. The second kappa shape index (κ2) is 9.64. The van der Waals surface area contributed by atoms with Crippen molar-refractivity contribution in [1.82, 2.24) is 9.47 Å². The summed E-state index contributed by atoms with van der Waals surface area (Å²) in [5, 5.41) is 0.453. The molecule has 1 aliphatic heterocycles. The van der Waals surface area contributed by atoms with Crippen molar-refractivity contribution in [2.75, 3.05) is 6.54 Å². The number of aromatic nitrogens is 1. The maximum absolute atomic E-state index is 13.3. The van der Waals surface area contributed by atoms with Crippen LogP contribution in [0.25, 0.3) is 17.0 Å². The largest absolute Gasteiger partial charge is 0.342 e. The zero-order valence-corrected chi connectivity index (χ0v) is 20.7. The Morgan fingerprint density at radius 2 is 1.69 bits per heavy atom. The molecule has 5 rings (SSSR count). The second-order valence-electron chi connectivity index (χ2n) is 8.05. The van der Waals surface area contributed by atoms with Crippen LogP contribution in [0.4, 0.5) is 9.18 Å². The van der Waals surface area contributed by atoms with Gasteiger partial charge in [-0.2, -0.15) is 0 Å². The van der Waals surface area contributed by atoms with Crippen LogP contribution in [0.5, 0.6) is 0 Å². The number of para-hydroxylation sites is 1. The SMILES string of the molecule is O=C(CN1C(=O)S/C(=C\c2cn(Cc3ccc(F)cc3)c3ccccc23)C1=O)c1ccc(Br)cc1. The summed E-state index contributed by atoms with van der Waals surface area (Å²) >= 11 is 4.15. The Balaban J connectivity index is 1.41. The van der Waals surface area contributed by atoms with Crippen LogP contribution in [0, 0.1) is 5.82 Å². The predicted octanol–water partition coefficient (Wildman–Crippen LogP) is 6.51. The molecule has 2 amide bonds. The van der Waals surface area contributed by atoms with Gasteiger partial charge in [-0.1, -0.05) is 58.4 Å². The fourth-order valence-electron chi connectivity index (χ4n) is 3.96. The summed E-state index contributed by atoms with van der Waals surface area (Å²) < 4.78 is 16.2. The van der Waals surface area contributed by atoms with Gasteiger partial charge in [0.25, 0.3) is 11.1 Å². The number of hydrogen-bond acceptors (Lipinski definition) is 4. The Kier molecular flexibility index (Phi) is 6.40.